The summed E-state index contributed by atoms with van der Waals surface area (Å²) in [5.41, 5.74) is 2.73. The van der Waals surface area contributed by atoms with E-state index in [1.165, 1.54) is 11.3 Å². The Bertz CT molecular complexity index is 366. The molecule has 1 rings (SSSR count). The molecule has 1 aromatic carbocycles. The van der Waals surface area contributed by atoms with Crippen molar-refractivity contribution in [3.8, 4) is 0 Å². The number of para-hydroxylation sites is 1. The summed E-state index contributed by atoms with van der Waals surface area (Å²) in [6.45, 7) is 11.9. The van der Waals surface area contributed by atoms with Gasteiger partial charge in [-0.2, -0.15) is 0 Å². The quantitative estimate of drug-likeness (QED) is 0.849. The Balaban J connectivity index is 2.96. The van der Waals surface area contributed by atoms with Gasteiger partial charge in [-0.3, -0.25) is 0 Å². The van der Waals surface area contributed by atoms with E-state index in [9.17, 15) is 0 Å². The van der Waals surface area contributed by atoms with Gasteiger partial charge in [0.15, 0.2) is 0 Å². The highest BCUT2D eigenvalue weighted by atomic mass is 16.5. The molecule has 0 aliphatic heterocycles. The van der Waals surface area contributed by atoms with Crippen LogP contribution in [0.15, 0.2) is 24.3 Å². The highest BCUT2D eigenvalue weighted by Gasteiger charge is 2.20. The molecule has 0 amide bonds. The van der Waals surface area contributed by atoms with Crippen LogP contribution in [-0.4, -0.2) is 19.8 Å². The molecule has 0 radical (unpaired) electrons. The van der Waals surface area contributed by atoms with Crippen LogP contribution >= 0.6 is 0 Å². The molecule has 1 atom stereocenters. The molecule has 1 aromatic rings. The van der Waals surface area contributed by atoms with Crippen LogP contribution in [0.1, 0.15) is 40.2 Å². The molecule has 0 spiro atoms. The molecule has 102 valence electrons. The summed E-state index contributed by atoms with van der Waals surface area (Å²) in [7, 11) is 1.76. The first-order chi connectivity index (χ1) is 8.36. The molecule has 0 fully saturated rings. The van der Waals surface area contributed by atoms with E-state index in [2.05, 4.69) is 64.2 Å². The van der Waals surface area contributed by atoms with Crippen LogP contribution in [0.4, 0.5) is 5.69 Å². The summed E-state index contributed by atoms with van der Waals surface area (Å²) in [6, 6.07) is 8.89. The predicted molar refractivity (Wildman–Crippen MR) is 79.3 cm³/mol. The molecule has 0 saturated carbocycles. The van der Waals surface area contributed by atoms with Crippen molar-refractivity contribution in [2.75, 3.05) is 19.0 Å². The van der Waals surface area contributed by atoms with Crippen LogP contribution < -0.4 is 5.32 Å². The van der Waals surface area contributed by atoms with Crippen molar-refractivity contribution in [2.45, 2.75) is 46.1 Å². The minimum atomic E-state index is 0.151. The highest BCUT2D eigenvalue weighted by molar-refractivity contribution is 5.54. The van der Waals surface area contributed by atoms with Crippen LogP contribution in [0.2, 0.25) is 0 Å². The average molecular weight is 249 g/mol. The summed E-state index contributed by atoms with van der Waals surface area (Å²) in [6.07, 6.45) is 0. The lowest BCUT2D eigenvalue weighted by Gasteiger charge is -2.28. The maximum atomic E-state index is 5.30. The van der Waals surface area contributed by atoms with Gasteiger partial charge in [-0.1, -0.05) is 52.8 Å². The Morgan fingerprint density at radius 2 is 1.78 bits per heavy atom. The number of benzene rings is 1. The van der Waals surface area contributed by atoms with Crippen molar-refractivity contribution in [1.29, 1.82) is 0 Å². The lowest BCUT2D eigenvalue weighted by atomic mass is 9.85. The van der Waals surface area contributed by atoms with E-state index in [1.807, 2.05) is 0 Å². The smallest absolute Gasteiger partial charge is 0.0666 e. The minimum Gasteiger partial charge on any atom is -0.383 e. The maximum Gasteiger partial charge on any atom is 0.0666 e. The number of anilines is 1. The average Bonchev–Trinajstić information content (AvgIpc) is 2.27. The Kier molecular flexibility index (Phi) is 5.21. The van der Waals surface area contributed by atoms with Gasteiger partial charge in [0, 0.05) is 12.8 Å². The Hall–Kier alpha value is -1.02. The standard InChI is InChI=1S/C16H27NO/c1-12(2)15(11-18-6)17-14-10-8-7-9-13(14)16(3,4)5/h7-10,12,15,17H,11H2,1-6H3. The summed E-state index contributed by atoms with van der Waals surface area (Å²) < 4.78 is 5.30. The molecule has 2 heteroatoms. The predicted octanol–water partition coefficient (Wildman–Crippen LogP) is 4.07. The first-order valence-electron chi connectivity index (χ1n) is 6.71. The van der Waals surface area contributed by atoms with Crippen LogP contribution in [0.5, 0.6) is 0 Å². The molecule has 0 aliphatic rings. The number of ether oxygens (including phenoxy) is 1. The van der Waals surface area contributed by atoms with Gasteiger partial charge in [-0.05, 0) is 23.0 Å². The fourth-order valence-electron chi connectivity index (χ4n) is 2.04. The third-order valence-electron chi connectivity index (χ3n) is 3.23. The molecule has 0 aromatic heterocycles. The summed E-state index contributed by atoms with van der Waals surface area (Å²) in [5, 5.41) is 3.63. The van der Waals surface area contributed by atoms with Gasteiger partial charge in [0.05, 0.1) is 12.6 Å². The fraction of sp³-hybridized carbons (Fsp3) is 0.625. The molecule has 0 heterocycles. The zero-order valence-electron chi connectivity index (χ0n) is 12.6. The summed E-state index contributed by atoms with van der Waals surface area (Å²) >= 11 is 0. The van der Waals surface area contributed by atoms with Crippen molar-refractivity contribution < 1.29 is 4.74 Å². The first-order valence-corrected chi connectivity index (χ1v) is 6.71. The Morgan fingerprint density at radius 3 is 2.28 bits per heavy atom. The van der Waals surface area contributed by atoms with Crippen molar-refractivity contribution >= 4 is 5.69 Å². The highest BCUT2D eigenvalue weighted by Crippen LogP contribution is 2.30. The Morgan fingerprint density at radius 1 is 1.17 bits per heavy atom. The van der Waals surface area contributed by atoms with Gasteiger partial charge in [0.25, 0.3) is 0 Å². The molecule has 0 aliphatic carbocycles. The third kappa shape index (κ3) is 4.02. The number of nitrogens with one attached hydrogen (secondary N) is 1. The van der Waals surface area contributed by atoms with Crippen LogP contribution in [0.25, 0.3) is 0 Å². The van der Waals surface area contributed by atoms with E-state index in [-0.39, 0.29) is 5.41 Å². The van der Waals surface area contributed by atoms with Gasteiger partial charge in [0.1, 0.15) is 0 Å². The second-order valence-corrected chi connectivity index (χ2v) is 6.25. The Labute approximate surface area is 112 Å². The molecule has 0 bridgehead atoms. The normalized spacial score (nSPS) is 13.7. The molecular weight excluding hydrogens is 222 g/mol. The third-order valence-corrected chi connectivity index (χ3v) is 3.23. The largest absolute Gasteiger partial charge is 0.383 e. The molecule has 0 saturated heterocycles. The minimum absolute atomic E-state index is 0.151. The number of hydrogen-bond donors (Lipinski definition) is 1. The van der Waals surface area contributed by atoms with Crippen LogP contribution in [0, 0.1) is 5.92 Å². The molecular formula is C16H27NO. The van der Waals surface area contributed by atoms with Gasteiger partial charge < -0.3 is 10.1 Å². The lowest BCUT2D eigenvalue weighted by Crippen LogP contribution is -2.31. The molecule has 18 heavy (non-hydrogen) atoms. The lowest BCUT2D eigenvalue weighted by molar-refractivity contribution is 0.171. The number of rotatable bonds is 5. The van der Waals surface area contributed by atoms with Crippen LogP contribution in [0.3, 0.4) is 0 Å². The van der Waals surface area contributed by atoms with E-state index in [0.717, 1.165) is 6.61 Å². The van der Waals surface area contributed by atoms with E-state index < -0.39 is 0 Å². The van der Waals surface area contributed by atoms with E-state index in [4.69, 9.17) is 4.74 Å². The van der Waals surface area contributed by atoms with E-state index in [1.54, 1.807) is 7.11 Å². The summed E-state index contributed by atoms with van der Waals surface area (Å²) in [4.78, 5) is 0. The van der Waals surface area contributed by atoms with E-state index >= 15 is 0 Å². The summed E-state index contributed by atoms with van der Waals surface area (Å²) in [5.74, 6) is 0.540. The molecule has 2 nitrogen and oxygen atoms in total. The fourth-order valence-corrected chi connectivity index (χ4v) is 2.04. The zero-order chi connectivity index (χ0) is 13.8. The molecule has 1 unspecified atom stereocenters. The van der Waals surface area contributed by atoms with Gasteiger partial charge >= 0.3 is 0 Å². The second-order valence-electron chi connectivity index (χ2n) is 6.25. The van der Waals surface area contributed by atoms with Crippen molar-refractivity contribution in [2.24, 2.45) is 5.92 Å². The number of hydrogen-bond acceptors (Lipinski definition) is 2. The first kappa shape index (κ1) is 15.0. The van der Waals surface area contributed by atoms with Gasteiger partial charge in [0.2, 0.25) is 0 Å². The van der Waals surface area contributed by atoms with Gasteiger partial charge in [-0.15, -0.1) is 0 Å². The van der Waals surface area contributed by atoms with Gasteiger partial charge in [-0.25, -0.2) is 0 Å². The SMILES string of the molecule is COCC(Nc1ccccc1C(C)(C)C)C(C)C. The van der Waals surface area contributed by atoms with Crippen molar-refractivity contribution in [3.63, 3.8) is 0 Å². The van der Waals surface area contributed by atoms with Crippen molar-refractivity contribution in [3.05, 3.63) is 29.8 Å². The molecule has 1 N–H and O–H groups in total. The topological polar surface area (TPSA) is 21.3 Å². The van der Waals surface area contributed by atoms with Crippen LogP contribution in [-0.2, 0) is 10.2 Å². The second kappa shape index (κ2) is 6.24. The zero-order valence-corrected chi connectivity index (χ0v) is 12.6. The maximum absolute atomic E-state index is 5.30. The number of methoxy groups -OCH3 is 1. The van der Waals surface area contributed by atoms with Crippen molar-refractivity contribution in [1.82, 2.24) is 0 Å². The van der Waals surface area contributed by atoms with E-state index in [0.29, 0.717) is 12.0 Å². The monoisotopic (exact) mass is 249 g/mol.